The molecule has 1 amide bonds. The van der Waals surface area contributed by atoms with Gasteiger partial charge in [-0.05, 0) is 37.5 Å². The van der Waals surface area contributed by atoms with E-state index in [4.69, 9.17) is 5.73 Å². The van der Waals surface area contributed by atoms with Crippen molar-refractivity contribution >= 4 is 39.5 Å². The van der Waals surface area contributed by atoms with Crippen LogP contribution >= 0.6 is 12.4 Å². The van der Waals surface area contributed by atoms with E-state index in [9.17, 15) is 13.2 Å². The molecule has 25 heavy (non-hydrogen) atoms. The number of halogens is 1. The molecule has 1 aromatic rings. The van der Waals surface area contributed by atoms with Gasteiger partial charge in [-0.1, -0.05) is 18.9 Å². The Bertz CT molecular complexity index is 659. The summed E-state index contributed by atoms with van der Waals surface area (Å²) in [5.74, 6) is -0.443. The van der Waals surface area contributed by atoms with E-state index in [0.717, 1.165) is 25.0 Å². The second-order valence-corrected chi connectivity index (χ2v) is 8.73. The number of nitrogens with one attached hydrogen (secondary N) is 1. The standard InChI is InChI=1S/C17H27N3O3S.ClH/c1-24(22,23)12-9-16(18)17(21)19-14-7-6-8-15(13-14)20-10-4-2-3-5-11-20;/h6-8,13,16H,2-5,9-12,18H2,1H3,(H,19,21);1H. The molecule has 0 spiro atoms. The third kappa shape index (κ3) is 7.63. The Morgan fingerprint density at radius 2 is 1.88 bits per heavy atom. The van der Waals surface area contributed by atoms with Crippen molar-refractivity contribution < 1.29 is 13.2 Å². The number of hydrogen-bond donors (Lipinski definition) is 2. The second-order valence-electron chi connectivity index (χ2n) is 6.47. The van der Waals surface area contributed by atoms with Crippen LogP contribution in [0, 0.1) is 0 Å². The SMILES string of the molecule is CS(=O)(=O)CCC(N)C(=O)Nc1cccc(N2CCCCCC2)c1.Cl. The summed E-state index contributed by atoms with van der Waals surface area (Å²) in [5, 5.41) is 2.79. The largest absolute Gasteiger partial charge is 0.371 e. The first-order valence-electron chi connectivity index (χ1n) is 8.44. The van der Waals surface area contributed by atoms with Crippen LogP contribution in [-0.2, 0) is 14.6 Å². The predicted molar refractivity (Wildman–Crippen MR) is 105 cm³/mol. The molecule has 1 unspecified atom stereocenters. The Balaban J connectivity index is 0.00000312. The van der Waals surface area contributed by atoms with Crippen LogP contribution in [0.25, 0.3) is 0 Å². The Hall–Kier alpha value is -1.31. The van der Waals surface area contributed by atoms with E-state index in [0.29, 0.717) is 5.69 Å². The summed E-state index contributed by atoms with van der Waals surface area (Å²) in [6, 6.07) is 6.90. The van der Waals surface area contributed by atoms with Gasteiger partial charge in [-0.3, -0.25) is 4.79 Å². The highest BCUT2D eigenvalue weighted by atomic mass is 35.5. The monoisotopic (exact) mass is 389 g/mol. The van der Waals surface area contributed by atoms with Crippen molar-refractivity contribution in [3.63, 3.8) is 0 Å². The maximum atomic E-state index is 12.1. The summed E-state index contributed by atoms with van der Waals surface area (Å²) >= 11 is 0. The number of nitrogens with zero attached hydrogens (tertiary/aromatic N) is 1. The van der Waals surface area contributed by atoms with E-state index in [1.807, 2.05) is 24.3 Å². The zero-order chi connectivity index (χ0) is 17.6. The Labute approximate surface area is 156 Å². The number of amides is 1. The summed E-state index contributed by atoms with van der Waals surface area (Å²) < 4.78 is 22.3. The molecule has 1 aliphatic heterocycles. The molecule has 0 aromatic heterocycles. The number of anilines is 2. The van der Waals surface area contributed by atoms with Crippen molar-refractivity contribution in [3.8, 4) is 0 Å². The highest BCUT2D eigenvalue weighted by Crippen LogP contribution is 2.22. The van der Waals surface area contributed by atoms with Gasteiger partial charge >= 0.3 is 0 Å². The molecule has 1 atom stereocenters. The zero-order valence-electron chi connectivity index (χ0n) is 14.6. The molecule has 6 nitrogen and oxygen atoms in total. The molecule has 1 saturated heterocycles. The Morgan fingerprint density at radius 1 is 1.24 bits per heavy atom. The third-order valence-electron chi connectivity index (χ3n) is 4.22. The molecule has 0 saturated carbocycles. The fourth-order valence-electron chi connectivity index (χ4n) is 2.82. The molecule has 8 heteroatoms. The first-order chi connectivity index (χ1) is 11.3. The fourth-order valence-corrected chi connectivity index (χ4v) is 3.50. The van der Waals surface area contributed by atoms with Gasteiger partial charge in [0, 0.05) is 30.7 Å². The van der Waals surface area contributed by atoms with Crippen molar-refractivity contribution in [2.45, 2.75) is 38.1 Å². The number of benzene rings is 1. The number of rotatable bonds is 6. The lowest BCUT2D eigenvalue weighted by Crippen LogP contribution is -2.37. The van der Waals surface area contributed by atoms with Gasteiger partial charge in [-0.15, -0.1) is 12.4 Å². The zero-order valence-corrected chi connectivity index (χ0v) is 16.2. The Kier molecular flexibility index (Phi) is 8.68. The maximum absolute atomic E-state index is 12.1. The average molecular weight is 390 g/mol. The summed E-state index contributed by atoms with van der Waals surface area (Å²) in [4.78, 5) is 14.5. The molecule has 142 valence electrons. The lowest BCUT2D eigenvalue weighted by atomic mass is 10.2. The van der Waals surface area contributed by atoms with Crippen molar-refractivity contribution in [1.82, 2.24) is 0 Å². The van der Waals surface area contributed by atoms with Crippen molar-refractivity contribution in [1.29, 1.82) is 0 Å². The molecule has 1 aromatic carbocycles. The van der Waals surface area contributed by atoms with Gasteiger partial charge in [0.15, 0.2) is 0 Å². The topological polar surface area (TPSA) is 92.5 Å². The predicted octanol–water partition coefficient (Wildman–Crippen LogP) is 2.19. The van der Waals surface area contributed by atoms with Crippen LogP contribution in [-0.4, -0.2) is 45.5 Å². The summed E-state index contributed by atoms with van der Waals surface area (Å²) in [7, 11) is -3.12. The van der Waals surface area contributed by atoms with Crippen molar-refractivity contribution in [3.05, 3.63) is 24.3 Å². The van der Waals surface area contributed by atoms with E-state index in [-0.39, 0.29) is 30.5 Å². The van der Waals surface area contributed by atoms with Crippen LogP contribution in [0.5, 0.6) is 0 Å². The van der Waals surface area contributed by atoms with Crippen LogP contribution in [0.4, 0.5) is 11.4 Å². The van der Waals surface area contributed by atoms with Gasteiger partial charge in [0.2, 0.25) is 5.91 Å². The molecule has 1 fully saturated rings. The van der Waals surface area contributed by atoms with Crippen molar-refractivity contribution in [2.24, 2.45) is 5.73 Å². The van der Waals surface area contributed by atoms with Gasteiger partial charge in [0.25, 0.3) is 0 Å². The van der Waals surface area contributed by atoms with Crippen LogP contribution in [0.1, 0.15) is 32.1 Å². The first kappa shape index (κ1) is 21.7. The van der Waals surface area contributed by atoms with E-state index in [2.05, 4.69) is 10.2 Å². The maximum Gasteiger partial charge on any atom is 0.241 e. The molecule has 1 heterocycles. The highest BCUT2D eigenvalue weighted by Gasteiger charge is 2.17. The average Bonchev–Trinajstić information content (AvgIpc) is 2.81. The number of carbonyl (C=O) groups is 1. The lowest BCUT2D eigenvalue weighted by Gasteiger charge is -2.23. The van der Waals surface area contributed by atoms with E-state index >= 15 is 0 Å². The molecular weight excluding hydrogens is 362 g/mol. The first-order valence-corrected chi connectivity index (χ1v) is 10.5. The smallest absolute Gasteiger partial charge is 0.241 e. The van der Waals surface area contributed by atoms with E-state index < -0.39 is 15.9 Å². The molecular formula is C17H28ClN3O3S. The van der Waals surface area contributed by atoms with Gasteiger partial charge in [0.05, 0.1) is 11.8 Å². The molecule has 0 bridgehead atoms. The third-order valence-corrected chi connectivity index (χ3v) is 5.20. The van der Waals surface area contributed by atoms with Crippen LogP contribution in [0.15, 0.2) is 24.3 Å². The number of sulfone groups is 1. The van der Waals surface area contributed by atoms with E-state index in [1.54, 1.807) is 0 Å². The summed E-state index contributed by atoms with van der Waals surface area (Å²) in [6.45, 7) is 2.07. The minimum absolute atomic E-state index is 0. The molecule has 2 rings (SSSR count). The van der Waals surface area contributed by atoms with Crippen LogP contribution < -0.4 is 16.0 Å². The van der Waals surface area contributed by atoms with Gasteiger partial charge < -0.3 is 16.0 Å². The molecule has 0 radical (unpaired) electrons. The molecule has 3 N–H and O–H groups in total. The van der Waals surface area contributed by atoms with Gasteiger partial charge in [0.1, 0.15) is 9.84 Å². The van der Waals surface area contributed by atoms with Gasteiger partial charge in [-0.2, -0.15) is 0 Å². The normalized spacial score (nSPS) is 16.5. The molecule has 1 aliphatic rings. The number of hydrogen-bond acceptors (Lipinski definition) is 5. The van der Waals surface area contributed by atoms with Crippen molar-refractivity contribution in [2.75, 3.05) is 35.3 Å². The Morgan fingerprint density at radius 3 is 2.48 bits per heavy atom. The van der Waals surface area contributed by atoms with Gasteiger partial charge in [-0.25, -0.2) is 8.42 Å². The quantitative estimate of drug-likeness (QED) is 0.777. The van der Waals surface area contributed by atoms with E-state index in [1.165, 1.54) is 25.7 Å². The minimum Gasteiger partial charge on any atom is -0.371 e. The fraction of sp³-hybridized carbons (Fsp3) is 0.588. The minimum atomic E-state index is -3.12. The van der Waals surface area contributed by atoms with Crippen LogP contribution in [0.3, 0.4) is 0 Å². The number of carbonyl (C=O) groups excluding carboxylic acids is 1. The molecule has 0 aliphatic carbocycles. The lowest BCUT2D eigenvalue weighted by molar-refractivity contribution is -0.117. The number of nitrogens with two attached hydrogens (primary N) is 1. The summed E-state index contributed by atoms with van der Waals surface area (Å²) in [6.07, 6.45) is 6.17. The second kappa shape index (κ2) is 9.99. The summed E-state index contributed by atoms with van der Waals surface area (Å²) in [5.41, 5.74) is 7.57. The van der Waals surface area contributed by atoms with Crippen LogP contribution in [0.2, 0.25) is 0 Å². The highest BCUT2D eigenvalue weighted by molar-refractivity contribution is 7.90.